The van der Waals surface area contributed by atoms with Crippen molar-refractivity contribution in [3.05, 3.63) is 59.4 Å². The number of urea groups is 1. The highest BCUT2D eigenvalue weighted by Gasteiger charge is 2.01. The molecule has 0 aliphatic heterocycles. The van der Waals surface area contributed by atoms with Crippen LogP contribution in [0.5, 0.6) is 0 Å². The van der Waals surface area contributed by atoms with Crippen molar-refractivity contribution in [3.63, 3.8) is 0 Å². The van der Waals surface area contributed by atoms with Gasteiger partial charge in [-0.1, -0.05) is 17.7 Å². The third-order valence-corrected chi connectivity index (χ3v) is 2.78. The van der Waals surface area contributed by atoms with E-state index in [1.54, 1.807) is 36.7 Å². The van der Waals surface area contributed by atoms with Gasteiger partial charge in [0.25, 0.3) is 0 Å². The first-order valence-corrected chi connectivity index (χ1v) is 6.31. The van der Waals surface area contributed by atoms with E-state index in [0.717, 1.165) is 12.0 Å². The first kappa shape index (κ1) is 13.4. The Morgan fingerprint density at radius 3 is 2.68 bits per heavy atom. The van der Waals surface area contributed by atoms with E-state index in [9.17, 15) is 4.79 Å². The van der Waals surface area contributed by atoms with Gasteiger partial charge in [0.1, 0.15) is 0 Å². The number of nitrogens with zero attached hydrogens (tertiary/aromatic N) is 1. The largest absolute Gasteiger partial charge is 0.338 e. The monoisotopic (exact) mass is 275 g/mol. The number of carbonyl (C=O) groups is 1. The molecule has 5 heteroatoms. The van der Waals surface area contributed by atoms with E-state index in [1.165, 1.54) is 0 Å². The van der Waals surface area contributed by atoms with Crippen LogP contribution in [0.25, 0.3) is 0 Å². The van der Waals surface area contributed by atoms with Crippen LogP contribution < -0.4 is 10.6 Å². The van der Waals surface area contributed by atoms with Crippen LogP contribution >= 0.6 is 11.6 Å². The van der Waals surface area contributed by atoms with Crippen molar-refractivity contribution in [2.75, 3.05) is 11.9 Å². The molecule has 4 nitrogen and oxygen atoms in total. The van der Waals surface area contributed by atoms with Crippen molar-refractivity contribution in [3.8, 4) is 0 Å². The summed E-state index contributed by atoms with van der Waals surface area (Å²) in [7, 11) is 0. The quantitative estimate of drug-likeness (QED) is 0.901. The van der Waals surface area contributed by atoms with Gasteiger partial charge in [-0.05, 0) is 42.3 Å². The predicted molar refractivity (Wildman–Crippen MR) is 76.4 cm³/mol. The molecule has 1 aromatic heterocycles. The lowest BCUT2D eigenvalue weighted by molar-refractivity contribution is 0.252. The molecule has 2 amide bonds. The average Bonchev–Trinajstić information content (AvgIpc) is 2.43. The zero-order chi connectivity index (χ0) is 13.5. The van der Waals surface area contributed by atoms with Gasteiger partial charge in [-0.3, -0.25) is 4.98 Å². The van der Waals surface area contributed by atoms with E-state index in [-0.39, 0.29) is 6.03 Å². The Morgan fingerprint density at radius 1 is 1.21 bits per heavy atom. The van der Waals surface area contributed by atoms with Crippen molar-refractivity contribution in [2.45, 2.75) is 6.42 Å². The molecular weight excluding hydrogens is 262 g/mol. The molecule has 0 atom stereocenters. The molecule has 0 unspecified atom stereocenters. The molecule has 0 saturated carbocycles. The third kappa shape index (κ3) is 4.60. The van der Waals surface area contributed by atoms with Gasteiger partial charge in [-0.25, -0.2) is 4.79 Å². The smallest absolute Gasteiger partial charge is 0.319 e. The second kappa shape index (κ2) is 6.75. The molecule has 19 heavy (non-hydrogen) atoms. The van der Waals surface area contributed by atoms with Gasteiger partial charge in [-0.2, -0.15) is 0 Å². The summed E-state index contributed by atoms with van der Waals surface area (Å²) in [6.07, 6.45) is 4.27. The number of hydrogen-bond acceptors (Lipinski definition) is 2. The summed E-state index contributed by atoms with van der Waals surface area (Å²) >= 11 is 5.77. The second-order valence-corrected chi connectivity index (χ2v) is 4.44. The zero-order valence-electron chi connectivity index (χ0n) is 10.3. The third-order valence-electron chi connectivity index (χ3n) is 2.52. The van der Waals surface area contributed by atoms with E-state index in [1.807, 2.05) is 12.1 Å². The molecule has 1 heterocycles. The van der Waals surface area contributed by atoms with Crippen LogP contribution in [0.4, 0.5) is 10.5 Å². The summed E-state index contributed by atoms with van der Waals surface area (Å²) in [5.74, 6) is 0. The predicted octanol–water partition coefficient (Wildman–Crippen LogP) is 3.10. The first-order chi connectivity index (χ1) is 9.24. The Bertz CT molecular complexity index is 528. The highest BCUT2D eigenvalue weighted by Crippen LogP contribution is 2.12. The van der Waals surface area contributed by atoms with Crippen molar-refractivity contribution in [2.24, 2.45) is 0 Å². The Balaban J connectivity index is 1.74. The molecule has 2 N–H and O–H groups in total. The summed E-state index contributed by atoms with van der Waals surface area (Å²) < 4.78 is 0. The second-order valence-electron chi connectivity index (χ2n) is 4.00. The number of aromatic nitrogens is 1. The molecule has 0 bridgehead atoms. The maximum atomic E-state index is 11.6. The fraction of sp³-hybridized carbons (Fsp3) is 0.143. The molecule has 0 aliphatic carbocycles. The Kier molecular flexibility index (Phi) is 4.75. The number of amides is 2. The lowest BCUT2D eigenvalue weighted by Crippen LogP contribution is -2.30. The topological polar surface area (TPSA) is 54.0 Å². The molecule has 0 saturated heterocycles. The number of rotatable bonds is 4. The summed E-state index contributed by atoms with van der Waals surface area (Å²) in [6.45, 7) is 0.561. The number of pyridine rings is 1. The lowest BCUT2D eigenvalue weighted by Gasteiger charge is -2.07. The van der Waals surface area contributed by atoms with Gasteiger partial charge in [0.05, 0.1) is 0 Å². The summed E-state index contributed by atoms with van der Waals surface area (Å²) in [6, 6.07) is 10.6. The standard InChI is InChI=1S/C14H14ClN3O/c15-12-3-5-13(6-4-12)18-14(19)17-9-7-11-2-1-8-16-10-11/h1-6,8,10H,7,9H2,(H2,17,18,19). The molecule has 0 radical (unpaired) electrons. The van der Waals surface area contributed by atoms with Crippen LogP contribution in [0.1, 0.15) is 5.56 Å². The summed E-state index contributed by atoms with van der Waals surface area (Å²) in [4.78, 5) is 15.6. The lowest BCUT2D eigenvalue weighted by atomic mass is 10.2. The van der Waals surface area contributed by atoms with Crippen LogP contribution in [0.3, 0.4) is 0 Å². The molecule has 0 fully saturated rings. The molecule has 2 rings (SSSR count). The molecule has 1 aromatic carbocycles. The maximum absolute atomic E-state index is 11.6. The minimum Gasteiger partial charge on any atom is -0.338 e. The van der Waals surface area contributed by atoms with E-state index in [2.05, 4.69) is 15.6 Å². The van der Waals surface area contributed by atoms with Gasteiger partial charge < -0.3 is 10.6 Å². The van der Waals surface area contributed by atoms with Crippen LogP contribution in [0, 0.1) is 0 Å². The summed E-state index contributed by atoms with van der Waals surface area (Å²) in [5.41, 5.74) is 1.80. The molecule has 0 aliphatic rings. The Morgan fingerprint density at radius 2 is 2.00 bits per heavy atom. The van der Waals surface area contributed by atoms with Gasteiger partial charge in [0.2, 0.25) is 0 Å². The number of anilines is 1. The van der Waals surface area contributed by atoms with Gasteiger partial charge in [-0.15, -0.1) is 0 Å². The first-order valence-electron chi connectivity index (χ1n) is 5.93. The highest BCUT2D eigenvalue weighted by atomic mass is 35.5. The van der Waals surface area contributed by atoms with Gasteiger partial charge in [0, 0.05) is 29.6 Å². The van der Waals surface area contributed by atoms with Crippen molar-refractivity contribution < 1.29 is 4.79 Å². The van der Waals surface area contributed by atoms with Crippen molar-refractivity contribution in [1.82, 2.24) is 10.3 Å². The Hall–Kier alpha value is -2.07. The number of halogens is 1. The number of carbonyl (C=O) groups excluding carboxylic acids is 1. The van der Waals surface area contributed by atoms with Gasteiger partial charge >= 0.3 is 6.03 Å². The normalized spacial score (nSPS) is 9.95. The Labute approximate surface area is 116 Å². The zero-order valence-corrected chi connectivity index (χ0v) is 11.0. The fourth-order valence-electron chi connectivity index (χ4n) is 1.57. The average molecular weight is 276 g/mol. The van der Waals surface area contributed by atoms with Crippen LogP contribution in [0.15, 0.2) is 48.8 Å². The van der Waals surface area contributed by atoms with Gasteiger partial charge in [0.15, 0.2) is 0 Å². The van der Waals surface area contributed by atoms with E-state index in [4.69, 9.17) is 11.6 Å². The van der Waals surface area contributed by atoms with Crippen LogP contribution in [-0.2, 0) is 6.42 Å². The number of nitrogens with one attached hydrogen (secondary N) is 2. The van der Waals surface area contributed by atoms with Crippen molar-refractivity contribution >= 4 is 23.3 Å². The maximum Gasteiger partial charge on any atom is 0.319 e. The van der Waals surface area contributed by atoms with E-state index in [0.29, 0.717) is 17.3 Å². The molecule has 2 aromatic rings. The highest BCUT2D eigenvalue weighted by molar-refractivity contribution is 6.30. The van der Waals surface area contributed by atoms with Crippen molar-refractivity contribution in [1.29, 1.82) is 0 Å². The minimum atomic E-state index is -0.230. The van der Waals surface area contributed by atoms with E-state index >= 15 is 0 Å². The van der Waals surface area contributed by atoms with E-state index < -0.39 is 0 Å². The minimum absolute atomic E-state index is 0.230. The fourth-order valence-corrected chi connectivity index (χ4v) is 1.70. The summed E-state index contributed by atoms with van der Waals surface area (Å²) in [5, 5.41) is 6.16. The number of benzene rings is 1. The molecule has 98 valence electrons. The van der Waals surface area contributed by atoms with Crippen LogP contribution in [-0.4, -0.2) is 17.6 Å². The van der Waals surface area contributed by atoms with Crippen LogP contribution in [0.2, 0.25) is 5.02 Å². The molecular formula is C14H14ClN3O. The molecule has 0 spiro atoms. The SMILES string of the molecule is O=C(NCCc1cccnc1)Nc1ccc(Cl)cc1. The number of hydrogen-bond donors (Lipinski definition) is 2.